The van der Waals surface area contributed by atoms with Crippen LogP contribution in [0.4, 0.5) is 14.9 Å². The summed E-state index contributed by atoms with van der Waals surface area (Å²) in [5.41, 5.74) is 4.30. The van der Waals surface area contributed by atoms with Crippen LogP contribution in [0.5, 0.6) is 0 Å². The van der Waals surface area contributed by atoms with E-state index in [9.17, 15) is 18.8 Å². The van der Waals surface area contributed by atoms with E-state index in [1.807, 2.05) is 48.5 Å². The molecule has 180 valence electrons. The first-order valence-electron chi connectivity index (χ1n) is 11.2. The Balaban J connectivity index is 1.48. The van der Waals surface area contributed by atoms with E-state index in [4.69, 9.17) is 9.84 Å². The number of benzene rings is 3. The van der Waals surface area contributed by atoms with Crippen molar-refractivity contribution in [1.29, 1.82) is 0 Å². The Morgan fingerprint density at radius 3 is 2.23 bits per heavy atom. The van der Waals surface area contributed by atoms with E-state index in [0.29, 0.717) is 0 Å². The van der Waals surface area contributed by atoms with Crippen LogP contribution in [-0.4, -0.2) is 48.2 Å². The molecule has 0 saturated heterocycles. The summed E-state index contributed by atoms with van der Waals surface area (Å²) in [5, 5.41) is 11.6. The van der Waals surface area contributed by atoms with Gasteiger partial charge in [-0.25, -0.2) is 9.18 Å². The highest BCUT2D eigenvalue weighted by molar-refractivity contribution is 6.02. The Morgan fingerprint density at radius 1 is 1.03 bits per heavy atom. The van der Waals surface area contributed by atoms with Crippen molar-refractivity contribution in [3.8, 4) is 11.1 Å². The van der Waals surface area contributed by atoms with Crippen LogP contribution in [-0.2, 0) is 9.53 Å². The summed E-state index contributed by atoms with van der Waals surface area (Å²) in [6.07, 6.45) is -0.783. The molecular formula is C27H25FN2O5. The minimum atomic E-state index is -1.05. The predicted octanol–water partition coefficient (Wildman–Crippen LogP) is 4.98. The molecule has 1 aliphatic rings. The molecule has 4 rings (SSSR count). The molecule has 0 aromatic heterocycles. The van der Waals surface area contributed by atoms with Gasteiger partial charge in [0, 0.05) is 19.5 Å². The maximum absolute atomic E-state index is 13.9. The van der Waals surface area contributed by atoms with Gasteiger partial charge in [-0.2, -0.15) is 0 Å². The van der Waals surface area contributed by atoms with Gasteiger partial charge in [-0.3, -0.25) is 14.9 Å². The van der Waals surface area contributed by atoms with Crippen LogP contribution in [0.1, 0.15) is 34.3 Å². The van der Waals surface area contributed by atoms with E-state index >= 15 is 0 Å². The van der Waals surface area contributed by atoms with Gasteiger partial charge < -0.3 is 14.7 Å². The van der Waals surface area contributed by atoms with Crippen molar-refractivity contribution >= 4 is 23.7 Å². The molecule has 2 amide bonds. The summed E-state index contributed by atoms with van der Waals surface area (Å²) in [5.74, 6) is -3.28. The molecule has 0 heterocycles. The number of ether oxygens (including phenoxy) is 1. The number of aliphatic carboxylic acids is 1. The third kappa shape index (κ3) is 5.01. The van der Waals surface area contributed by atoms with Gasteiger partial charge in [-0.15, -0.1) is 0 Å². The molecule has 0 radical (unpaired) electrons. The average Bonchev–Trinajstić information content (AvgIpc) is 3.17. The summed E-state index contributed by atoms with van der Waals surface area (Å²) in [6.45, 7) is 1.48. The second kappa shape index (κ2) is 9.97. The van der Waals surface area contributed by atoms with Crippen LogP contribution < -0.4 is 5.32 Å². The van der Waals surface area contributed by atoms with Crippen molar-refractivity contribution in [1.82, 2.24) is 4.90 Å². The quantitative estimate of drug-likeness (QED) is 0.502. The maximum Gasteiger partial charge on any atom is 0.411 e. The number of rotatable bonds is 7. The van der Waals surface area contributed by atoms with Gasteiger partial charge in [0.05, 0.1) is 17.2 Å². The zero-order chi connectivity index (χ0) is 25.1. The number of nitrogens with zero attached hydrogens (tertiary/aromatic N) is 1. The molecule has 1 unspecified atom stereocenters. The second-order valence-corrected chi connectivity index (χ2v) is 8.57. The lowest BCUT2D eigenvalue weighted by atomic mass is 9.98. The van der Waals surface area contributed by atoms with Gasteiger partial charge in [-0.05, 0) is 40.5 Å². The molecule has 35 heavy (non-hydrogen) atoms. The van der Waals surface area contributed by atoms with Crippen LogP contribution in [0.15, 0.2) is 66.7 Å². The predicted molar refractivity (Wildman–Crippen MR) is 129 cm³/mol. The largest absolute Gasteiger partial charge is 0.481 e. The molecule has 0 bridgehead atoms. The van der Waals surface area contributed by atoms with Crippen LogP contribution in [0.25, 0.3) is 11.1 Å². The second-order valence-electron chi connectivity index (χ2n) is 8.57. The van der Waals surface area contributed by atoms with E-state index in [-0.39, 0.29) is 30.3 Å². The first kappa shape index (κ1) is 23.9. The lowest BCUT2D eigenvalue weighted by Gasteiger charge is -2.21. The highest BCUT2D eigenvalue weighted by Crippen LogP contribution is 2.44. The molecule has 0 saturated carbocycles. The molecule has 3 aromatic carbocycles. The Bertz CT molecular complexity index is 1250. The van der Waals surface area contributed by atoms with Crippen molar-refractivity contribution in [2.45, 2.75) is 12.8 Å². The van der Waals surface area contributed by atoms with Crippen LogP contribution in [0, 0.1) is 11.7 Å². The van der Waals surface area contributed by atoms with E-state index < -0.39 is 29.7 Å². The topological polar surface area (TPSA) is 95.9 Å². The normalized spacial score (nSPS) is 12.9. The molecule has 8 heteroatoms. The molecule has 1 atom stereocenters. The Hall–Kier alpha value is -4.20. The summed E-state index contributed by atoms with van der Waals surface area (Å²) in [6, 6.07) is 19.3. The zero-order valence-corrected chi connectivity index (χ0v) is 19.3. The highest BCUT2D eigenvalue weighted by atomic mass is 19.1. The molecule has 0 spiro atoms. The zero-order valence-electron chi connectivity index (χ0n) is 19.3. The lowest BCUT2D eigenvalue weighted by Crippen LogP contribution is -2.34. The number of nitrogens with one attached hydrogen (secondary N) is 1. The van der Waals surface area contributed by atoms with E-state index in [0.717, 1.165) is 34.4 Å². The molecule has 3 aromatic rings. The highest BCUT2D eigenvalue weighted by Gasteiger charge is 2.29. The van der Waals surface area contributed by atoms with Gasteiger partial charge in [0.1, 0.15) is 12.4 Å². The fourth-order valence-electron chi connectivity index (χ4n) is 4.32. The van der Waals surface area contributed by atoms with Crippen molar-refractivity contribution in [2.75, 3.05) is 25.5 Å². The smallest absolute Gasteiger partial charge is 0.411 e. The number of amides is 2. The maximum atomic E-state index is 13.9. The third-order valence-corrected chi connectivity index (χ3v) is 6.11. The number of hydrogen-bond donors (Lipinski definition) is 2. The standard InChI is InChI=1S/C27H25FN2O5/c1-16(26(32)33)14-30(2)25(31)22-13-17(28)11-12-24(22)29-27(34)35-15-23-20-9-5-3-7-18(20)19-8-4-6-10-21(19)23/h3-13,16,23H,14-15H2,1-2H3,(H,29,34)(H,32,33). The SMILES string of the molecule is CC(CN(C)C(=O)c1cc(F)ccc1NC(=O)OCC1c2ccccc2-c2ccccc21)C(=O)O. The van der Waals surface area contributed by atoms with E-state index in [2.05, 4.69) is 5.32 Å². The first-order chi connectivity index (χ1) is 16.8. The molecule has 7 nitrogen and oxygen atoms in total. The molecule has 1 aliphatic carbocycles. The summed E-state index contributed by atoms with van der Waals surface area (Å²) in [7, 11) is 1.42. The number of anilines is 1. The number of halogens is 1. The Kier molecular flexibility index (Phi) is 6.82. The number of carbonyl (C=O) groups is 3. The fraction of sp³-hybridized carbons (Fsp3) is 0.222. The number of carboxylic acid groups (broad SMARTS) is 1. The van der Waals surface area contributed by atoms with E-state index in [1.54, 1.807) is 0 Å². The monoisotopic (exact) mass is 476 g/mol. The average molecular weight is 477 g/mol. The number of carboxylic acids is 1. The number of carbonyl (C=O) groups excluding carboxylic acids is 2. The summed E-state index contributed by atoms with van der Waals surface area (Å²) in [4.78, 5) is 37.8. The van der Waals surface area contributed by atoms with Gasteiger partial charge in [0.2, 0.25) is 0 Å². The molecule has 2 N–H and O–H groups in total. The molecule has 0 fully saturated rings. The number of hydrogen-bond acceptors (Lipinski definition) is 4. The molecule has 0 aliphatic heterocycles. The van der Waals surface area contributed by atoms with Crippen molar-refractivity contribution in [3.05, 3.63) is 89.2 Å². The first-order valence-corrected chi connectivity index (χ1v) is 11.2. The number of fused-ring (bicyclic) bond motifs is 3. The Labute approximate surface area is 202 Å². The summed E-state index contributed by atoms with van der Waals surface area (Å²) >= 11 is 0. The van der Waals surface area contributed by atoms with Crippen LogP contribution in [0.3, 0.4) is 0 Å². The minimum Gasteiger partial charge on any atom is -0.481 e. The van der Waals surface area contributed by atoms with Crippen molar-refractivity contribution in [3.63, 3.8) is 0 Å². The fourth-order valence-corrected chi connectivity index (χ4v) is 4.32. The molecular weight excluding hydrogens is 451 g/mol. The lowest BCUT2D eigenvalue weighted by molar-refractivity contribution is -0.141. The van der Waals surface area contributed by atoms with Crippen LogP contribution in [0.2, 0.25) is 0 Å². The van der Waals surface area contributed by atoms with Crippen LogP contribution >= 0.6 is 0 Å². The summed E-state index contributed by atoms with van der Waals surface area (Å²) < 4.78 is 19.4. The van der Waals surface area contributed by atoms with Gasteiger partial charge in [0.15, 0.2) is 0 Å². The van der Waals surface area contributed by atoms with E-state index in [1.165, 1.54) is 24.9 Å². The third-order valence-electron chi connectivity index (χ3n) is 6.11. The Morgan fingerprint density at radius 2 is 1.63 bits per heavy atom. The van der Waals surface area contributed by atoms with Crippen molar-refractivity contribution < 1.29 is 28.6 Å². The van der Waals surface area contributed by atoms with Gasteiger partial charge in [-0.1, -0.05) is 55.5 Å². The van der Waals surface area contributed by atoms with Crippen molar-refractivity contribution in [2.24, 2.45) is 5.92 Å². The van der Waals surface area contributed by atoms with Gasteiger partial charge in [0.25, 0.3) is 5.91 Å². The van der Waals surface area contributed by atoms with Gasteiger partial charge >= 0.3 is 12.1 Å². The minimum absolute atomic E-state index is 0.0726.